The van der Waals surface area contributed by atoms with Gasteiger partial charge in [0.25, 0.3) is 0 Å². The number of methoxy groups -OCH3 is 1. The smallest absolute Gasteiger partial charge is 0.353 e. The molecule has 1 N–H and O–H groups in total. The molecule has 0 unspecified atom stereocenters. The van der Waals surface area contributed by atoms with Crippen molar-refractivity contribution in [1.82, 2.24) is 9.97 Å². The molecular formula is C22H21FN6O4. The Labute approximate surface area is 188 Å². The number of hydrogen-bond acceptors (Lipinski definition) is 9. The number of nitrogens with zero attached hydrogens (tertiary/aromatic N) is 5. The maximum Gasteiger partial charge on any atom is 0.353 e. The number of esters is 1. The van der Waals surface area contributed by atoms with Gasteiger partial charge in [-0.2, -0.15) is 0 Å². The molecule has 0 radical (unpaired) electrons. The molecule has 0 aliphatic carbocycles. The van der Waals surface area contributed by atoms with E-state index in [1.807, 2.05) is 4.90 Å². The zero-order valence-electron chi connectivity index (χ0n) is 17.8. The molecule has 10 nitrogen and oxygen atoms in total. The average molecular weight is 452 g/mol. The Morgan fingerprint density at radius 1 is 1.03 bits per heavy atom. The summed E-state index contributed by atoms with van der Waals surface area (Å²) in [6.45, 7) is 2.21. The fourth-order valence-electron chi connectivity index (χ4n) is 3.63. The van der Waals surface area contributed by atoms with E-state index in [-0.39, 0.29) is 23.1 Å². The SMILES string of the molecule is COC(=O)c1ccc(Nc2ncnc(N3CCN(c4ccc(F)cc4)CC3)c2[N+](=O)[O-])cc1. The number of carbonyl (C=O) groups is 1. The second-order valence-electron chi connectivity index (χ2n) is 7.30. The summed E-state index contributed by atoms with van der Waals surface area (Å²) in [5, 5.41) is 14.9. The van der Waals surface area contributed by atoms with E-state index in [2.05, 4.69) is 24.9 Å². The van der Waals surface area contributed by atoms with Crippen LogP contribution in [-0.4, -0.2) is 54.1 Å². The van der Waals surface area contributed by atoms with Gasteiger partial charge in [-0.25, -0.2) is 19.2 Å². The van der Waals surface area contributed by atoms with Crippen molar-refractivity contribution in [2.24, 2.45) is 0 Å². The predicted octanol–water partition coefficient (Wildman–Crippen LogP) is 3.38. The first-order chi connectivity index (χ1) is 16.0. The van der Waals surface area contributed by atoms with Crippen LogP contribution in [0.4, 0.5) is 33.1 Å². The van der Waals surface area contributed by atoms with Crippen LogP contribution in [0.3, 0.4) is 0 Å². The van der Waals surface area contributed by atoms with Crippen LogP contribution in [0.25, 0.3) is 0 Å². The average Bonchev–Trinajstić information content (AvgIpc) is 2.84. The van der Waals surface area contributed by atoms with Crippen LogP contribution in [0.1, 0.15) is 10.4 Å². The van der Waals surface area contributed by atoms with Crippen LogP contribution in [0.15, 0.2) is 54.9 Å². The number of nitro groups is 1. The van der Waals surface area contributed by atoms with E-state index in [9.17, 15) is 19.3 Å². The third kappa shape index (κ3) is 4.81. The van der Waals surface area contributed by atoms with Gasteiger partial charge in [-0.3, -0.25) is 10.1 Å². The standard InChI is InChI=1S/C22H21FN6O4/c1-33-22(30)15-2-6-17(7-3-15)26-20-19(29(31)32)21(25-14-24-20)28-12-10-27(11-13-28)18-8-4-16(23)5-9-18/h2-9,14H,10-13H2,1H3,(H,24,25,26). The maximum atomic E-state index is 13.2. The van der Waals surface area contributed by atoms with Gasteiger partial charge in [0.05, 0.1) is 17.6 Å². The molecule has 0 atom stereocenters. The van der Waals surface area contributed by atoms with Crippen LogP contribution in [0.5, 0.6) is 0 Å². The summed E-state index contributed by atoms with van der Waals surface area (Å²) in [7, 11) is 1.29. The second kappa shape index (κ2) is 9.47. The Bertz CT molecular complexity index is 1150. The van der Waals surface area contributed by atoms with Crippen molar-refractivity contribution in [3.05, 3.63) is 76.4 Å². The Hall–Kier alpha value is -4.28. The van der Waals surface area contributed by atoms with Crippen molar-refractivity contribution >= 4 is 34.7 Å². The Balaban J connectivity index is 1.53. The number of hydrogen-bond donors (Lipinski definition) is 1. The van der Waals surface area contributed by atoms with Gasteiger partial charge >= 0.3 is 11.7 Å². The lowest BCUT2D eigenvalue weighted by Crippen LogP contribution is -2.47. The van der Waals surface area contributed by atoms with E-state index in [1.165, 1.54) is 25.6 Å². The van der Waals surface area contributed by atoms with Gasteiger partial charge in [-0.15, -0.1) is 0 Å². The molecule has 0 bridgehead atoms. The molecule has 4 rings (SSSR count). The summed E-state index contributed by atoms with van der Waals surface area (Å²) >= 11 is 0. The summed E-state index contributed by atoms with van der Waals surface area (Å²) < 4.78 is 17.9. The minimum absolute atomic E-state index is 0.0526. The Kier molecular flexibility index (Phi) is 6.29. The van der Waals surface area contributed by atoms with Crippen LogP contribution in [0, 0.1) is 15.9 Å². The second-order valence-corrected chi connectivity index (χ2v) is 7.30. The normalized spacial score (nSPS) is 13.5. The zero-order chi connectivity index (χ0) is 23.4. The van der Waals surface area contributed by atoms with Crippen LogP contribution in [0.2, 0.25) is 0 Å². The first kappa shape index (κ1) is 21.9. The summed E-state index contributed by atoms with van der Waals surface area (Å²) in [6.07, 6.45) is 1.28. The van der Waals surface area contributed by atoms with Gasteiger partial charge in [0.2, 0.25) is 11.6 Å². The summed E-state index contributed by atoms with van der Waals surface area (Å²) in [6, 6.07) is 12.6. The molecule has 1 aliphatic heterocycles. The molecule has 0 saturated carbocycles. The molecule has 11 heteroatoms. The number of benzene rings is 2. The lowest BCUT2D eigenvalue weighted by molar-refractivity contribution is -0.383. The van der Waals surface area contributed by atoms with Crippen LogP contribution in [-0.2, 0) is 4.74 Å². The van der Waals surface area contributed by atoms with Crippen molar-refractivity contribution < 1.29 is 18.8 Å². The lowest BCUT2D eigenvalue weighted by Gasteiger charge is -2.36. The molecule has 2 aromatic carbocycles. The Morgan fingerprint density at radius 3 is 2.27 bits per heavy atom. The number of ether oxygens (including phenoxy) is 1. The monoisotopic (exact) mass is 452 g/mol. The number of halogens is 1. The summed E-state index contributed by atoms with van der Waals surface area (Å²) in [5.41, 5.74) is 1.55. The minimum Gasteiger partial charge on any atom is -0.465 e. The van der Waals surface area contributed by atoms with Crippen molar-refractivity contribution in [2.45, 2.75) is 0 Å². The molecule has 0 spiro atoms. The van der Waals surface area contributed by atoms with Crippen molar-refractivity contribution in [1.29, 1.82) is 0 Å². The first-order valence-electron chi connectivity index (χ1n) is 10.2. The molecule has 1 aromatic heterocycles. The lowest BCUT2D eigenvalue weighted by atomic mass is 10.2. The quantitative estimate of drug-likeness (QED) is 0.341. The van der Waals surface area contributed by atoms with E-state index >= 15 is 0 Å². The van der Waals surface area contributed by atoms with Gasteiger partial charge in [-0.1, -0.05) is 0 Å². The molecule has 1 saturated heterocycles. The number of piperazine rings is 1. The van der Waals surface area contributed by atoms with Gasteiger partial charge in [0.15, 0.2) is 0 Å². The van der Waals surface area contributed by atoms with Crippen molar-refractivity contribution in [3.63, 3.8) is 0 Å². The predicted molar refractivity (Wildman–Crippen MR) is 121 cm³/mol. The molecule has 170 valence electrons. The molecule has 0 amide bonds. The summed E-state index contributed by atoms with van der Waals surface area (Å²) in [4.78, 5) is 35.2. The summed E-state index contributed by atoms with van der Waals surface area (Å²) in [5.74, 6) is -0.496. The topological polar surface area (TPSA) is 114 Å². The van der Waals surface area contributed by atoms with Gasteiger partial charge in [0.1, 0.15) is 12.1 Å². The van der Waals surface area contributed by atoms with Crippen molar-refractivity contribution in [3.8, 4) is 0 Å². The zero-order valence-corrected chi connectivity index (χ0v) is 17.8. The number of anilines is 4. The fourth-order valence-corrected chi connectivity index (χ4v) is 3.63. The van der Waals surface area contributed by atoms with E-state index in [0.29, 0.717) is 37.4 Å². The van der Waals surface area contributed by atoms with E-state index < -0.39 is 10.9 Å². The maximum absolute atomic E-state index is 13.2. The van der Waals surface area contributed by atoms with Gasteiger partial charge < -0.3 is 19.9 Å². The molecular weight excluding hydrogens is 431 g/mol. The Morgan fingerprint density at radius 2 is 1.67 bits per heavy atom. The van der Waals surface area contributed by atoms with Crippen LogP contribution >= 0.6 is 0 Å². The third-order valence-electron chi connectivity index (χ3n) is 5.33. The highest BCUT2D eigenvalue weighted by molar-refractivity contribution is 5.90. The van der Waals surface area contributed by atoms with E-state index in [4.69, 9.17) is 0 Å². The number of aromatic nitrogens is 2. The molecule has 33 heavy (non-hydrogen) atoms. The molecule has 1 aliphatic rings. The highest BCUT2D eigenvalue weighted by Crippen LogP contribution is 2.34. The van der Waals surface area contributed by atoms with Crippen molar-refractivity contribution in [2.75, 3.05) is 48.4 Å². The highest BCUT2D eigenvalue weighted by Gasteiger charge is 2.29. The van der Waals surface area contributed by atoms with Gasteiger partial charge in [0, 0.05) is 37.6 Å². The third-order valence-corrected chi connectivity index (χ3v) is 5.33. The van der Waals surface area contributed by atoms with E-state index in [1.54, 1.807) is 36.4 Å². The first-order valence-corrected chi connectivity index (χ1v) is 10.2. The largest absolute Gasteiger partial charge is 0.465 e. The molecule has 1 fully saturated rings. The molecule has 2 heterocycles. The molecule has 3 aromatic rings. The minimum atomic E-state index is -0.507. The van der Waals surface area contributed by atoms with Gasteiger partial charge in [-0.05, 0) is 48.5 Å². The number of carbonyl (C=O) groups excluding carboxylic acids is 1. The van der Waals surface area contributed by atoms with Crippen LogP contribution < -0.4 is 15.1 Å². The number of nitrogens with one attached hydrogen (secondary N) is 1. The highest BCUT2D eigenvalue weighted by atomic mass is 19.1. The van der Waals surface area contributed by atoms with E-state index in [0.717, 1.165) is 5.69 Å². The fraction of sp³-hybridized carbons (Fsp3) is 0.227. The number of rotatable bonds is 6.